The Balaban J connectivity index is 1.77. The maximum absolute atomic E-state index is 13.8. The van der Waals surface area contributed by atoms with Gasteiger partial charge in [0, 0.05) is 44.2 Å². The second kappa shape index (κ2) is 9.40. The van der Waals surface area contributed by atoms with E-state index in [2.05, 4.69) is 12.2 Å². The highest BCUT2D eigenvalue weighted by Crippen LogP contribution is 2.51. The van der Waals surface area contributed by atoms with Crippen LogP contribution in [0.2, 0.25) is 0 Å². The highest BCUT2D eigenvalue weighted by Gasteiger charge is 2.66. The van der Waals surface area contributed by atoms with Gasteiger partial charge in [0.15, 0.2) is 34.7 Å². The fraction of sp³-hybridized carbons (Fsp3) is 0.577. The van der Waals surface area contributed by atoms with Crippen molar-refractivity contribution < 1.29 is 34.2 Å². The summed E-state index contributed by atoms with van der Waals surface area (Å²) < 4.78 is 0. The predicted octanol–water partition coefficient (Wildman–Crippen LogP) is 0.283. The van der Waals surface area contributed by atoms with Gasteiger partial charge in [-0.05, 0) is 43.4 Å². The molecule has 0 spiro atoms. The molecule has 0 bridgehead atoms. The number of anilines is 1. The van der Waals surface area contributed by atoms with Gasteiger partial charge in [-0.15, -0.1) is 0 Å². The standard InChI is InChI=1S/C26H33N3O7/c1-4-5-6-28-11-13-9-16(29(2)3)15-8-12-7-14-10-17(30)20(25(27)35)24(34)26(14,36)23(33)18(12)22(32)19(15)21(13)31/h9,12,14,18,20,28,31,36H,4-8,10-11H2,1-3H3,(H2,27,35)/t12-,14+,18?,20?,26+/m1/s1. The van der Waals surface area contributed by atoms with E-state index in [1.807, 2.05) is 25.1 Å². The minimum Gasteiger partial charge on any atom is -0.507 e. The van der Waals surface area contributed by atoms with Crippen molar-refractivity contribution in [3.8, 4) is 5.75 Å². The lowest BCUT2D eigenvalue weighted by Crippen LogP contribution is -2.68. The molecule has 1 aromatic rings. The van der Waals surface area contributed by atoms with E-state index in [0.29, 0.717) is 17.7 Å². The third-order valence-electron chi connectivity index (χ3n) is 7.96. The first-order valence-electron chi connectivity index (χ1n) is 12.4. The highest BCUT2D eigenvalue weighted by molar-refractivity contribution is 6.31. The van der Waals surface area contributed by atoms with Gasteiger partial charge in [-0.3, -0.25) is 24.0 Å². The fourth-order valence-corrected chi connectivity index (χ4v) is 6.13. The quantitative estimate of drug-likeness (QED) is 0.304. The summed E-state index contributed by atoms with van der Waals surface area (Å²) in [6.07, 6.45) is 1.94. The molecule has 5 N–H and O–H groups in total. The molecule has 2 fully saturated rings. The summed E-state index contributed by atoms with van der Waals surface area (Å²) >= 11 is 0. The average Bonchev–Trinajstić information content (AvgIpc) is 2.79. The molecule has 4 rings (SSSR count). The van der Waals surface area contributed by atoms with Crippen LogP contribution in [0, 0.1) is 23.7 Å². The van der Waals surface area contributed by atoms with Crippen LogP contribution in [-0.2, 0) is 32.1 Å². The number of unbranched alkanes of at least 4 members (excludes halogenated alkanes) is 1. The van der Waals surface area contributed by atoms with Crippen molar-refractivity contribution in [3.63, 3.8) is 0 Å². The number of hydrogen-bond acceptors (Lipinski definition) is 9. The van der Waals surface area contributed by atoms with Gasteiger partial charge in [-0.1, -0.05) is 13.3 Å². The summed E-state index contributed by atoms with van der Waals surface area (Å²) in [5.74, 6) is -9.94. The lowest BCUT2D eigenvalue weighted by Gasteiger charge is -2.48. The van der Waals surface area contributed by atoms with Crippen LogP contribution in [0.1, 0.15) is 54.1 Å². The van der Waals surface area contributed by atoms with Crippen molar-refractivity contribution >= 4 is 34.7 Å². The molecule has 5 atom stereocenters. The Kier molecular flexibility index (Phi) is 6.78. The Labute approximate surface area is 209 Å². The number of rotatable bonds is 7. The average molecular weight is 500 g/mol. The van der Waals surface area contributed by atoms with Gasteiger partial charge in [-0.25, -0.2) is 0 Å². The van der Waals surface area contributed by atoms with Gasteiger partial charge in [0.25, 0.3) is 0 Å². The van der Waals surface area contributed by atoms with Gasteiger partial charge in [0.1, 0.15) is 5.75 Å². The van der Waals surface area contributed by atoms with E-state index in [9.17, 15) is 34.2 Å². The van der Waals surface area contributed by atoms with Crippen molar-refractivity contribution in [3.05, 3.63) is 22.8 Å². The molecule has 10 heteroatoms. The summed E-state index contributed by atoms with van der Waals surface area (Å²) in [6, 6.07) is 1.83. The molecule has 1 amide bonds. The third-order valence-corrected chi connectivity index (χ3v) is 7.96. The number of phenols is 1. The van der Waals surface area contributed by atoms with Crippen molar-refractivity contribution in [2.75, 3.05) is 25.5 Å². The number of Topliss-reactive ketones (excluding diaryl/α,β-unsaturated/α-hetero) is 4. The largest absolute Gasteiger partial charge is 0.507 e. The molecular weight excluding hydrogens is 466 g/mol. The Bertz CT molecular complexity index is 1160. The molecule has 10 nitrogen and oxygen atoms in total. The van der Waals surface area contributed by atoms with Crippen LogP contribution in [0.3, 0.4) is 0 Å². The van der Waals surface area contributed by atoms with E-state index >= 15 is 0 Å². The van der Waals surface area contributed by atoms with Gasteiger partial charge in [-0.2, -0.15) is 0 Å². The van der Waals surface area contributed by atoms with Gasteiger partial charge in [0.05, 0.1) is 11.5 Å². The zero-order valence-corrected chi connectivity index (χ0v) is 20.8. The van der Waals surface area contributed by atoms with Crippen LogP contribution in [-0.4, -0.2) is 65.5 Å². The van der Waals surface area contributed by atoms with Crippen molar-refractivity contribution in [2.45, 2.75) is 51.2 Å². The van der Waals surface area contributed by atoms with E-state index in [1.165, 1.54) is 0 Å². The molecule has 0 aromatic heterocycles. The summed E-state index contributed by atoms with van der Waals surface area (Å²) in [5, 5.41) is 25.7. The monoisotopic (exact) mass is 499 g/mol. The minimum atomic E-state index is -2.64. The number of hydrogen-bond donors (Lipinski definition) is 4. The fourth-order valence-electron chi connectivity index (χ4n) is 6.13. The number of primary amides is 1. The molecule has 194 valence electrons. The number of aliphatic hydroxyl groups is 1. The van der Waals surface area contributed by atoms with Crippen LogP contribution in [0.5, 0.6) is 5.75 Å². The molecule has 2 unspecified atom stereocenters. The van der Waals surface area contributed by atoms with E-state index < -0.39 is 58.3 Å². The summed E-state index contributed by atoms with van der Waals surface area (Å²) in [6.45, 7) is 3.12. The maximum Gasteiger partial charge on any atom is 0.235 e. The highest BCUT2D eigenvalue weighted by atomic mass is 16.3. The van der Waals surface area contributed by atoms with E-state index in [1.54, 1.807) is 0 Å². The summed E-state index contributed by atoms with van der Waals surface area (Å²) in [7, 11) is 3.65. The summed E-state index contributed by atoms with van der Waals surface area (Å²) in [4.78, 5) is 66.5. The molecule has 2 saturated carbocycles. The smallest absolute Gasteiger partial charge is 0.235 e. The number of carbonyl (C=O) groups is 5. The lowest BCUT2D eigenvalue weighted by molar-refractivity contribution is -0.175. The second-order valence-electron chi connectivity index (χ2n) is 10.4. The number of nitrogens with two attached hydrogens (primary N) is 1. The van der Waals surface area contributed by atoms with Crippen LogP contribution < -0.4 is 16.0 Å². The van der Waals surface area contributed by atoms with E-state index in [-0.39, 0.29) is 30.6 Å². The number of nitrogens with one attached hydrogen (secondary N) is 1. The SMILES string of the molecule is CCCCNCc1cc(N(C)C)c2c(c1O)C(=O)C1C(=O)[C@]3(O)C(=O)C(C(N)=O)C(=O)C[C@@H]3C[C@@H]1C2. The molecule has 0 heterocycles. The van der Waals surface area contributed by atoms with E-state index in [0.717, 1.165) is 25.1 Å². The Morgan fingerprint density at radius 2 is 1.89 bits per heavy atom. The second-order valence-corrected chi connectivity index (χ2v) is 10.4. The Hall–Kier alpha value is -3.11. The minimum absolute atomic E-state index is 0.0240. The molecule has 0 aliphatic heterocycles. The molecule has 0 radical (unpaired) electrons. The molecule has 36 heavy (non-hydrogen) atoms. The molecule has 0 saturated heterocycles. The number of phenolic OH excluding ortho intramolecular Hbond substituents is 1. The Morgan fingerprint density at radius 1 is 1.19 bits per heavy atom. The van der Waals surface area contributed by atoms with Gasteiger partial charge in [0.2, 0.25) is 5.91 Å². The Morgan fingerprint density at radius 3 is 2.50 bits per heavy atom. The molecular formula is C26H33N3O7. The number of aromatic hydroxyl groups is 1. The zero-order valence-electron chi connectivity index (χ0n) is 20.8. The zero-order chi connectivity index (χ0) is 26.5. The number of amides is 1. The number of nitrogens with zero attached hydrogens (tertiary/aromatic N) is 1. The van der Waals surface area contributed by atoms with Gasteiger partial charge >= 0.3 is 0 Å². The molecule has 3 aliphatic rings. The first-order chi connectivity index (χ1) is 16.9. The van der Waals surface area contributed by atoms with Crippen LogP contribution >= 0.6 is 0 Å². The molecule has 3 aliphatic carbocycles. The third kappa shape index (κ3) is 3.83. The topological polar surface area (TPSA) is 167 Å². The van der Waals surface area contributed by atoms with Crippen LogP contribution in [0.15, 0.2) is 6.07 Å². The van der Waals surface area contributed by atoms with Crippen LogP contribution in [0.4, 0.5) is 5.69 Å². The van der Waals surface area contributed by atoms with E-state index in [4.69, 9.17) is 5.73 Å². The van der Waals surface area contributed by atoms with Crippen LogP contribution in [0.25, 0.3) is 0 Å². The normalized spacial score (nSPS) is 29.4. The first-order valence-corrected chi connectivity index (χ1v) is 12.4. The van der Waals surface area contributed by atoms with Crippen molar-refractivity contribution in [1.82, 2.24) is 5.32 Å². The molecule has 1 aromatic carbocycles. The van der Waals surface area contributed by atoms with Crippen molar-refractivity contribution in [2.24, 2.45) is 29.4 Å². The number of benzene rings is 1. The predicted molar refractivity (Wildman–Crippen MR) is 129 cm³/mol. The van der Waals surface area contributed by atoms with Crippen molar-refractivity contribution in [1.29, 1.82) is 0 Å². The van der Waals surface area contributed by atoms with Gasteiger partial charge < -0.3 is 26.2 Å². The first kappa shape index (κ1) is 26.0. The lowest BCUT2D eigenvalue weighted by atomic mass is 9.53. The summed E-state index contributed by atoms with van der Waals surface area (Å²) in [5.41, 5.74) is 4.45. The number of fused-ring (bicyclic) bond motifs is 3. The maximum atomic E-state index is 13.8. The number of ketones is 4. The number of carbonyl (C=O) groups excluding carboxylic acids is 5.